The number of fused-ring (bicyclic) bond motifs is 1. The number of hydrogen-bond acceptors (Lipinski definition) is 6. The van der Waals surface area contributed by atoms with Crippen molar-refractivity contribution in [2.45, 2.75) is 39.7 Å². The first kappa shape index (κ1) is 16.5. The van der Waals surface area contributed by atoms with Gasteiger partial charge in [0.15, 0.2) is 0 Å². The maximum absolute atomic E-state index is 12.3. The van der Waals surface area contributed by atoms with Gasteiger partial charge in [-0.3, -0.25) is 0 Å². The molecule has 0 bridgehead atoms. The van der Waals surface area contributed by atoms with E-state index in [1.807, 2.05) is 33.8 Å². The van der Waals surface area contributed by atoms with Gasteiger partial charge in [-0.25, -0.2) is 9.78 Å². The molecule has 130 valence electrons. The molecule has 2 aromatic heterocycles. The smallest absolute Gasteiger partial charge is 0.410 e. The molecule has 3 rings (SSSR count). The zero-order valence-corrected chi connectivity index (χ0v) is 14.7. The molecule has 0 N–H and O–H groups in total. The summed E-state index contributed by atoms with van der Waals surface area (Å²) in [6.07, 6.45) is 2.13. The lowest BCUT2D eigenvalue weighted by molar-refractivity contribution is 0.0263. The molecule has 0 radical (unpaired) electrons. The van der Waals surface area contributed by atoms with E-state index in [0.29, 0.717) is 18.9 Å². The molecule has 24 heavy (non-hydrogen) atoms. The molecular formula is C16H24N6O2. The Morgan fingerprint density at radius 2 is 2.00 bits per heavy atom. The SMILES string of the molecule is Cc1cc(N2CCCN(C(=O)OC(C)(C)C)CC2)n2ncnc2n1. The Labute approximate surface area is 141 Å². The summed E-state index contributed by atoms with van der Waals surface area (Å²) in [5.74, 6) is 1.55. The molecule has 0 spiro atoms. The van der Waals surface area contributed by atoms with E-state index < -0.39 is 5.60 Å². The predicted molar refractivity (Wildman–Crippen MR) is 90.2 cm³/mol. The van der Waals surface area contributed by atoms with Crippen LogP contribution in [0.1, 0.15) is 32.9 Å². The number of aromatic nitrogens is 4. The van der Waals surface area contributed by atoms with Crippen molar-refractivity contribution in [3.05, 3.63) is 18.1 Å². The van der Waals surface area contributed by atoms with Crippen LogP contribution in [0.4, 0.5) is 10.6 Å². The van der Waals surface area contributed by atoms with E-state index in [9.17, 15) is 4.79 Å². The van der Waals surface area contributed by atoms with Crippen molar-refractivity contribution in [2.75, 3.05) is 31.1 Å². The van der Waals surface area contributed by atoms with Crippen LogP contribution in [0.2, 0.25) is 0 Å². The summed E-state index contributed by atoms with van der Waals surface area (Å²) < 4.78 is 7.23. The number of ether oxygens (including phenoxy) is 1. The summed E-state index contributed by atoms with van der Waals surface area (Å²) in [5, 5.41) is 4.26. The molecule has 0 aromatic carbocycles. The van der Waals surface area contributed by atoms with Crippen LogP contribution in [0, 0.1) is 6.92 Å². The maximum atomic E-state index is 12.3. The third-order valence-electron chi connectivity index (χ3n) is 3.83. The molecule has 0 atom stereocenters. The third kappa shape index (κ3) is 3.58. The number of nitrogens with zero attached hydrogens (tertiary/aromatic N) is 6. The molecule has 8 nitrogen and oxygen atoms in total. The van der Waals surface area contributed by atoms with Crippen LogP contribution < -0.4 is 4.90 Å². The van der Waals surface area contributed by atoms with Crippen LogP contribution in [0.3, 0.4) is 0 Å². The second kappa shape index (κ2) is 6.26. The lowest BCUT2D eigenvalue weighted by Crippen LogP contribution is -2.39. The number of anilines is 1. The average Bonchev–Trinajstić information content (AvgIpc) is 2.80. The summed E-state index contributed by atoms with van der Waals surface area (Å²) >= 11 is 0. The van der Waals surface area contributed by atoms with E-state index in [4.69, 9.17) is 4.74 Å². The van der Waals surface area contributed by atoms with Crippen molar-refractivity contribution >= 4 is 17.7 Å². The molecule has 0 saturated carbocycles. The second-order valence-electron chi connectivity index (χ2n) is 7.04. The molecule has 0 unspecified atom stereocenters. The number of aryl methyl sites for hydroxylation is 1. The summed E-state index contributed by atoms with van der Waals surface area (Å²) in [4.78, 5) is 24.8. The lowest BCUT2D eigenvalue weighted by atomic mass is 10.2. The van der Waals surface area contributed by atoms with Gasteiger partial charge < -0.3 is 14.5 Å². The minimum absolute atomic E-state index is 0.249. The first-order valence-corrected chi connectivity index (χ1v) is 8.24. The highest BCUT2D eigenvalue weighted by molar-refractivity contribution is 5.68. The van der Waals surface area contributed by atoms with Gasteiger partial charge in [-0.05, 0) is 34.1 Å². The fourth-order valence-corrected chi connectivity index (χ4v) is 2.79. The predicted octanol–water partition coefficient (Wildman–Crippen LogP) is 1.88. The standard InChI is InChI=1S/C16H24N6O2/c1-12-10-13(22-14(19-12)17-11-18-22)20-6-5-7-21(9-8-20)15(23)24-16(2,3)4/h10-11H,5-9H2,1-4H3. The van der Waals surface area contributed by atoms with Crippen LogP contribution in [-0.4, -0.2) is 62.4 Å². The van der Waals surface area contributed by atoms with E-state index in [1.165, 1.54) is 6.33 Å². The van der Waals surface area contributed by atoms with Crippen molar-refractivity contribution in [1.82, 2.24) is 24.5 Å². The van der Waals surface area contributed by atoms with E-state index >= 15 is 0 Å². The van der Waals surface area contributed by atoms with Gasteiger partial charge >= 0.3 is 6.09 Å². The van der Waals surface area contributed by atoms with Crippen molar-refractivity contribution in [3.8, 4) is 0 Å². The zero-order chi connectivity index (χ0) is 17.3. The molecule has 2 aromatic rings. The van der Waals surface area contributed by atoms with Crippen LogP contribution >= 0.6 is 0 Å². The van der Waals surface area contributed by atoms with E-state index in [-0.39, 0.29) is 6.09 Å². The normalized spacial score (nSPS) is 16.3. The quantitative estimate of drug-likeness (QED) is 0.794. The Bertz CT molecular complexity index is 736. The Kier molecular flexibility index (Phi) is 4.29. The van der Waals surface area contributed by atoms with Gasteiger partial charge in [0.2, 0.25) is 0 Å². The molecule has 1 fully saturated rings. The molecule has 8 heteroatoms. The second-order valence-corrected chi connectivity index (χ2v) is 7.04. The van der Waals surface area contributed by atoms with Crippen molar-refractivity contribution in [2.24, 2.45) is 0 Å². The Hall–Kier alpha value is -2.38. The number of rotatable bonds is 1. The lowest BCUT2D eigenvalue weighted by Gasteiger charge is -2.27. The van der Waals surface area contributed by atoms with Crippen molar-refractivity contribution < 1.29 is 9.53 Å². The monoisotopic (exact) mass is 332 g/mol. The molecule has 1 amide bonds. The Morgan fingerprint density at radius 3 is 2.75 bits per heavy atom. The van der Waals surface area contributed by atoms with Crippen LogP contribution in [0.5, 0.6) is 0 Å². The highest BCUT2D eigenvalue weighted by Gasteiger charge is 2.25. The van der Waals surface area contributed by atoms with E-state index in [0.717, 1.165) is 31.0 Å². The fourth-order valence-electron chi connectivity index (χ4n) is 2.79. The molecule has 0 aliphatic carbocycles. The average molecular weight is 332 g/mol. The first-order valence-electron chi connectivity index (χ1n) is 8.24. The third-order valence-corrected chi connectivity index (χ3v) is 3.83. The van der Waals surface area contributed by atoms with Crippen LogP contribution in [0.15, 0.2) is 12.4 Å². The number of carbonyl (C=O) groups excluding carboxylic acids is 1. The van der Waals surface area contributed by atoms with Gasteiger partial charge in [0, 0.05) is 37.9 Å². The van der Waals surface area contributed by atoms with E-state index in [2.05, 4.69) is 20.0 Å². The largest absolute Gasteiger partial charge is 0.444 e. The molecule has 1 aliphatic heterocycles. The molecular weight excluding hydrogens is 308 g/mol. The summed E-state index contributed by atoms with van der Waals surface area (Å²) in [5.41, 5.74) is 0.428. The summed E-state index contributed by atoms with van der Waals surface area (Å²) in [6, 6.07) is 2.00. The minimum Gasteiger partial charge on any atom is -0.444 e. The number of carbonyl (C=O) groups is 1. The first-order chi connectivity index (χ1) is 11.3. The van der Waals surface area contributed by atoms with Gasteiger partial charge in [0.05, 0.1) is 0 Å². The highest BCUT2D eigenvalue weighted by Crippen LogP contribution is 2.19. The Morgan fingerprint density at radius 1 is 1.21 bits per heavy atom. The van der Waals surface area contributed by atoms with Gasteiger partial charge in [-0.15, -0.1) is 0 Å². The van der Waals surface area contributed by atoms with Gasteiger partial charge in [-0.2, -0.15) is 14.6 Å². The molecule has 1 saturated heterocycles. The number of hydrogen-bond donors (Lipinski definition) is 0. The van der Waals surface area contributed by atoms with Crippen LogP contribution in [0.25, 0.3) is 5.78 Å². The maximum Gasteiger partial charge on any atom is 0.410 e. The minimum atomic E-state index is -0.474. The number of amides is 1. The van der Waals surface area contributed by atoms with Crippen LogP contribution in [-0.2, 0) is 4.74 Å². The van der Waals surface area contributed by atoms with Crippen molar-refractivity contribution in [1.29, 1.82) is 0 Å². The molecule has 1 aliphatic rings. The topological polar surface area (TPSA) is 75.9 Å². The van der Waals surface area contributed by atoms with E-state index in [1.54, 1.807) is 9.42 Å². The van der Waals surface area contributed by atoms with Gasteiger partial charge in [0.25, 0.3) is 5.78 Å². The van der Waals surface area contributed by atoms with Gasteiger partial charge in [0.1, 0.15) is 17.7 Å². The summed E-state index contributed by atoms with van der Waals surface area (Å²) in [7, 11) is 0. The summed E-state index contributed by atoms with van der Waals surface area (Å²) in [6.45, 7) is 10.5. The van der Waals surface area contributed by atoms with Crippen molar-refractivity contribution in [3.63, 3.8) is 0 Å². The Balaban J connectivity index is 1.75. The fraction of sp³-hybridized carbons (Fsp3) is 0.625. The zero-order valence-electron chi connectivity index (χ0n) is 14.7. The highest BCUT2D eigenvalue weighted by atomic mass is 16.6. The molecule has 3 heterocycles. The van der Waals surface area contributed by atoms with Gasteiger partial charge in [-0.1, -0.05) is 0 Å².